The van der Waals surface area contributed by atoms with E-state index in [0.717, 1.165) is 25.2 Å². The Balaban J connectivity index is 2.60. The zero-order valence-electron chi connectivity index (χ0n) is 11.7. The van der Waals surface area contributed by atoms with E-state index >= 15 is 0 Å². The number of rotatable bonds is 3. The highest BCUT2D eigenvalue weighted by Crippen LogP contribution is 2.18. The van der Waals surface area contributed by atoms with E-state index in [-0.39, 0.29) is 5.97 Å². The molecule has 0 saturated carbocycles. The van der Waals surface area contributed by atoms with Crippen molar-refractivity contribution in [2.24, 2.45) is 0 Å². The summed E-state index contributed by atoms with van der Waals surface area (Å²) in [5.41, 5.74) is -0.106. The van der Waals surface area contributed by atoms with E-state index in [1.165, 1.54) is 26.2 Å². The molecule has 100 valence electrons. The SMILES string of the molecule is C=C(C)[C@@](C)(C#CCN1CCCCC1)OC(C)=O. The first-order chi connectivity index (χ1) is 8.44. The van der Waals surface area contributed by atoms with Crippen molar-refractivity contribution < 1.29 is 9.53 Å². The maximum absolute atomic E-state index is 11.1. The lowest BCUT2D eigenvalue weighted by atomic mass is 9.99. The van der Waals surface area contributed by atoms with E-state index in [1.807, 2.05) is 6.92 Å². The average Bonchev–Trinajstić information content (AvgIpc) is 2.29. The number of piperidine rings is 1. The molecular weight excluding hydrogens is 226 g/mol. The van der Waals surface area contributed by atoms with E-state index in [2.05, 4.69) is 23.3 Å². The Bertz CT molecular complexity index is 372. The van der Waals surface area contributed by atoms with Gasteiger partial charge in [-0.2, -0.15) is 0 Å². The molecule has 1 rings (SSSR count). The predicted octanol–water partition coefficient (Wildman–Crippen LogP) is 2.37. The quantitative estimate of drug-likeness (QED) is 0.437. The molecule has 18 heavy (non-hydrogen) atoms. The van der Waals surface area contributed by atoms with E-state index in [4.69, 9.17) is 4.74 Å². The topological polar surface area (TPSA) is 29.5 Å². The summed E-state index contributed by atoms with van der Waals surface area (Å²) in [6.07, 6.45) is 3.83. The normalized spacial score (nSPS) is 19.3. The average molecular weight is 249 g/mol. The van der Waals surface area contributed by atoms with Gasteiger partial charge in [0.25, 0.3) is 0 Å². The molecule has 0 radical (unpaired) electrons. The molecule has 3 nitrogen and oxygen atoms in total. The second-order valence-corrected chi connectivity index (χ2v) is 5.05. The van der Waals surface area contributed by atoms with Gasteiger partial charge in [-0.1, -0.05) is 18.9 Å². The molecule has 0 N–H and O–H groups in total. The largest absolute Gasteiger partial charge is 0.442 e. The van der Waals surface area contributed by atoms with Gasteiger partial charge >= 0.3 is 5.97 Å². The van der Waals surface area contributed by atoms with Crippen LogP contribution >= 0.6 is 0 Å². The summed E-state index contributed by atoms with van der Waals surface area (Å²) >= 11 is 0. The van der Waals surface area contributed by atoms with Crippen molar-refractivity contribution in [3.8, 4) is 11.8 Å². The van der Waals surface area contributed by atoms with Crippen molar-refractivity contribution in [1.82, 2.24) is 4.90 Å². The van der Waals surface area contributed by atoms with Gasteiger partial charge in [-0.05, 0) is 51.3 Å². The minimum atomic E-state index is -0.860. The van der Waals surface area contributed by atoms with Crippen LogP contribution in [0.2, 0.25) is 0 Å². The van der Waals surface area contributed by atoms with Gasteiger partial charge in [0.1, 0.15) is 0 Å². The number of hydrogen-bond acceptors (Lipinski definition) is 3. The van der Waals surface area contributed by atoms with E-state index in [0.29, 0.717) is 0 Å². The minimum Gasteiger partial charge on any atom is -0.442 e. The number of likely N-dealkylation sites (tertiary alicyclic amines) is 1. The number of esters is 1. The summed E-state index contributed by atoms with van der Waals surface area (Å²) in [7, 11) is 0. The van der Waals surface area contributed by atoms with Gasteiger partial charge in [-0.3, -0.25) is 9.69 Å². The number of nitrogens with zero attached hydrogens (tertiary/aromatic N) is 1. The van der Waals surface area contributed by atoms with Crippen LogP contribution in [0.1, 0.15) is 40.0 Å². The molecule has 1 aliphatic rings. The Morgan fingerprint density at radius 3 is 2.44 bits per heavy atom. The van der Waals surface area contributed by atoms with Crippen LogP contribution in [0.5, 0.6) is 0 Å². The summed E-state index contributed by atoms with van der Waals surface area (Å²) in [5.74, 6) is 5.83. The third-order valence-corrected chi connectivity index (χ3v) is 3.24. The lowest BCUT2D eigenvalue weighted by Gasteiger charge is -2.25. The van der Waals surface area contributed by atoms with Crippen LogP contribution < -0.4 is 0 Å². The molecular formula is C15H23NO2. The highest BCUT2D eigenvalue weighted by atomic mass is 16.6. The number of hydrogen-bond donors (Lipinski definition) is 0. The number of carbonyl (C=O) groups is 1. The first-order valence-corrected chi connectivity index (χ1v) is 6.52. The molecule has 1 atom stereocenters. The lowest BCUT2D eigenvalue weighted by molar-refractivity contribution is -0.147. The van der Waals surface area contributed by atoms with Crippen LogP contribution in [0.25, 0.3) is 0 Å². The van der Waals surface area contributed by atoms with Crippen LogP contribution in [-0.2, 0) is 9.53 Å². The Kier molecular flexibility index (Phi) is 5.43. The highest BCUT2D eigenvalue weighted by Gasteiger charge is 2.26. The third kappa shape index (κ3) is 4.54. The van der Waals surface area contributed by atoms with Crippen molar-refractivity contribution >= 4 is 5.97 Å². The fourth-order valence-corrected chi connectivity index (χ4v) is 1.94. The molecule has 0 aromatic heterocycles. The van der Waals surface area contributed by atoms with Crippen LogP contribution in [0, 0.1) is 11.8 Å². The fraction of sp³-hybridized carbons (Fsp3) is 0.667. The van der Waals surface area contributed by atoms with Crippen LogP contribution in [0.4, 0.5) is 0 Å². The van der Waals surface area contributed by atoms with Gasteiger partial charge in [0.2, 0.25) is 0 Å². The van der Waals surface area contributed by atoms with Crippen molar-refractivity contribution in [2.75, 3.05) is 19.6 Å². The minimum absolute atomic E-state index is 0.326. The van der Waals surface area contributed by atoms with Crippen LogP contribution in [-0.4, -0.2) is 36.1 Å². The van der Waals surface area contributed by atoms with E-state index in [1.54, 1.807) is 6.92 Å². The van der Waals surface area contributed by atoms with Gasteiger partial charge in [0.15, 0.2) is 5.60 Å². The summed E-state index contributed by atoms with van der Waals surface area (Å²) < 4.78 is 5.26. The smallest absolute Gasteiger partial charge is 0.304 e. The Hall–Kier alpha value is -1.27. The van der Waals surface area contributed by atoms with Crippen LogP contribution in [0.3, 0.4) is 0 Å². The Labute approximate surface area is 110 Å². The van der Waals surface area contributed by atoms with E-state index < -0.39 is 5.60 Å². The zero-order chi connectivity index (χ0) is 13.6. The summed E-state index contributed by atoms with van der Waals surface area (Å²) in [5, 5.41) is 0. The molecule has 0 aromatic carbocycles. The highest BCUT2D eigenvalue weighted by molar-refractivity contribution is 5.67. The third-order valence-electron chi connectivity index (χ3n) is 3.24. The zero-order valence-corrected chi connectivity index (χ0v) is 11.7. The number of ether oxygens (including phenoxy) is 1. The van der Waals surface area contributed by atoms with Crippen molar-refractivity contribution in [1.29, 1.82) is 0 Å². The molecule has 0 bridgehead atoms. The molecule has 1 heterocycles. The predicted molar refractivity (Wildman–Crippen MR) is 73.1 cm³/mol. The monoisotopic (exact) mass is 249 g/mol. The van der Waals surface area contributed by atoms with Gasteiger partial charge in [0.05, 0.1) is 6.54 Å². The lowest BCUT2D eigenvalue weighted by Crippen LogP contribution is -2.32. The molecule has 0 spiro atoms. The van der Waals surface area contributed by atoms with E-state index in [9.17, 15) is 4.79 Å². The Morgan fingerprint density at radius 1 is 1.33 bits per heavy atom. The molecule has 0 aliphatic carbocycles. The molecule has 3 heteroatoms. The second kappa shape index (κ2) is 6.61. The maximum Gasteiger partial charge on any atom is 0.304 e. The molecule has 1 saturated heterocycles. The van der Waals surface area contributed by atoms with Crippen molar-refractivity contribution in [3.63, 3.8) is 0 Å². The molecule has 0 amide bonds. The summed E-state index contributed by atoms with van der Waals surface area (Å²) in [6.45, 7) is 11.8. The van der Waals surface area contributed by atoms with Crippen molar-refractivity contribution in [2.45, 2.75) is 45.6 Å². The first kappa shape index (κ1) is 14.8. The standard InChI is InChI=1S/C15H23NO2/c1-13(2)15(4,18-14(3)17)9-8-12-16-10-6-5-7-11-16/h1,5-7,10-12H2,2-4H3/t15-/m1/s1. The van der Waals surface area contributed by atoms with Gasteiger partial charge in [0, 0.05) is 6.92 Å². The first-order valence-electron chi connectivity index (χ1n) is 6.52. The summed E-state index contributed by atoms with van der Waals surface area (Å²) in [4.78, 5) is 13.4. The molecule has 0 unspecified atom stereocenters. The summed E-state index contributed by atoms with van der Waals surface area (Å²) in [6, 6.07) is 0. The molecule has 1 fully saturated rings. The fourth-order valence-electron chi connectivity index (χ4n) is 1.94. The maximum atomic E-state index is 11.1. The Morgan fingerprint density at radius 2 is 1.94 bits per heavy atom. The van der Waals surface area contributed by atoms with Gasteiger partial charge in [-0.15, -0.1) is 0 Å². The van der Waals surface area contributed by atoms with Crippen molar-refractivity contribution in [3.05, 3.63) is 12.2 Å². The molecule has 1 aliphatic heterocycles. The van der Waals surface area contributed by atoms with Crippen LogP contribution in [0.15, 0.2) is 12.2 Å². The second-order valence-electron chi connectivity index (χ2n) is 5.05. The number of carbonyl (C=O) groups excluding carboxylic acids is 1. The van der Waals surface area contributed by atoms with Gasteiger partial charge in [-0.25, -0.2) is 0 Å². The van der Waals surface area contributed by atoms with Gasteiger partial charge < -0.3 is 4.74 Å². The molecule has 0 aromatic rings.